The Labute approximate surface area is 89.9 Å². The van der Waals surface area contributed by atoms with Crippen molar-refractivity contribution in [1.82, 2.24) is 4.90 Å². The van der Waals surface area contributed by atoms with Crippen molar-refractivity contribution in [2.75, 3.05) is 20.1 Å². The van der Waals surface area contributed by atoms with Crippen LogP contribution >= 0.6 is 0 Å². The summed E-state index contributed by atoms with van der Waals surface area (Å²) in [7, 11) is 2.27. The fraction of sp³-hybridized carbons (Fsp3) is 1.00. The molecule has 0 bridgehead atoms. The number of rotatable bonds is 0. The van der Waals surface area contributed by atoms with Gasteiger partial charge < -0.3 is 4.90 Å². The van der Waals surface area contributed by atoms with Crippen molar-refractivity contribution < 1.29 is 0 Å². The molecule has 1 heteroatoms. The van der Waals surface area contributed by atoms with Crippen molar-refractivity contribution in [1.29, 1.82) is 0 Å². The largest absolute Gasteiger partial charge is 0.306 e. The van der Waals surface area contributed by atoms with Gasteiger partial charge in [0.2, 0.25) is 0 Å². The van der Waals surface area contributed by atoms with Gasteiger partial charge in [-0.3, -0.25) is 0 Å². The SMILES string of the molecule is CC1CCCN(C)CCCC(C)CC1. The van der Waals surface area contributed by atoms with E-state index in [1.54, 1.807) is 0 Å². The third-order valence-electron chi connectivity index (χ3n) is 3.63. The Kier molecular flexibility index (Phi) is 5.54. The summed E-state index contributed by atoms with van der Waals surface area (Å²) >= 11 is 0. The van der Waals surface area contributed by atoms with E-state index in [4.69, 9.17) is 0 Å². The van der Waals surface area contributed by atoms with Crippen LogP contribution in [0.2, 0.25) is 0 Å². The van der Waals surface area contributed by atoms with Crippen LogP contribution in [0.5, 0.6) is 0 Å². The van der Waals surface area contributed by atoms with Crippen molar-refractivity contribution in [3.05, 3.63) is 0 Å². The van der Waals surface area contributed by atoms with Gasteiger partial charge in [-0.1, -0.05) is 26.7 Å². The summed E-state index contributed by atoms with van der Waals surface area (Å²) in [5, 5.41) is 0. The molecule has 1 heterocycles. The van der Waals surface area contributed by atoms with Crippen molar-refractivity contribution in [3.63, 3.8) is 0 Å². The van der Waals surface area contributed by atoms with Crippen LogP contribution in [-0.2, 0) is 0 Å². The molecule has 14 heavy (non-hydrogen) atoms. The van der Waals surface area contributed by atoms with E-state index >= 15 is 0 Å². The molecule has 1 aliphatic rings. The lowest BCUT2D eigenvalue weighted by Crippen LogP contribution is -2.21. The van der Waals surface area contributed by atoms with Gasteiger partial charge in [-0.2, -0.15) is 0 Å². The maximum absolute atomic E-state index is 2.50. The Hall–Kier alpha value is -0.0400. The van der Waals surface area contributed by atoms with E-state index in [0.717, 1.165) is 11.8 Å². The quantitative estimate of drug-likeness (QED) is 0.574. The summed E-state index contributed by atoms with van der Waals surface area (Å²) in [4.78, 5) is 2.50. The molecule has 1 aliphatic heterocycles. The van der Waals surface area contributed by atoms with Crippen molar-refractivity contribution in [2.24, 2.45) is 11.8 Å². The van der Waals surface area contributed by atoms with Crippen LogP contribution in [0.4, 0.5) is 0 Å². The standard InChI is InChI=1S/C13H27N/c1-12-6-4-10-14(3)11-5-7-13(2)9-8-12/h12-13H,4-11H2,1-3H3. The van der Waals surface area contributed by atoms with Gasteiger partial charge in [0.25, 0.3) is 0 Å². The molecule has 0 aromatic rings. The molecule has 1 fully saturated rings. The van der Waals surface area contributed by atoms with Gasteiger partial charge >= 0.3 is 0 Å². The van der Waals surface area contributed by atoms with Gasteiger partial charge in [-0.15, -0.1) is 0 Å². The van der Waals surface area contributed by atoms with Gasteiger partial charge in [0.15, 0.2) is 0 Å². The molecule has 2 atom stereocenters. The Morgan fingerprint density at radius 1 is 0.786 bits per heavy atom. The Morgan fingerprint density at radius 2 is 1.21 bits per heavy atom. The minimum absolute atomic E-state index is 0.948. The van der Waals surface area contributed by atoms with Gasteiger partial charge in [-0.05, 0) is 57.7 Å². The normalized spacial score (nSPS) is 33.6. The lowest BCUT2D eigenvalue weighted by atomic mass is 9.93. The summed E-state index contributed by atoms with van der Waals surface area (Å²) < 4.78 is 0. The molecule has 1 nitrogen and oxygen atoms in total. The van der Waals surface area contributed by atoms with Crippen LogP contribution in [0.15, 0.2) is 0 Å². The highest BCUT2D eigenvalue weighted by molar-refractivity contribution is 4.63. The molecule has 84 valence electrons. The molecule has 1 rings (SSSR count). The van der Waals surface area contributed by atoms with Gasteiger partial charge in [0.1, 0.15) is 0 Å². The Morgan fingerprint density at radius 3 is 1.64 bits per heavy atom. The van der Waals surface area contributed by atoms with Crippen LogP contribution < -0.4 is 0 Å². The average molecular weight is 197 g/mol. The fourth-order valence-electron chi connectivity index (χ4n) is 2.39. The predicted molar refractivity (Wildman–Crippen MR) is 63.5 cm³/mol. The highest BCUT2D eigenvalue weighted by Gasteiger charge is 2.09. The van der Waals surface area contributed by atoms with E-state index in [2.05, 4.69) is 25.8 Å². The topological polar surface area (TPSA) is 3.24 Å². The zero-order valence-electron chi connectivity index (χ0n) is 10.3. The van der Waals surface area contributed by atoms with E-state index in [1.165, 1.54) is 51.6 Å². The Bertz CT molecular complexity index is 128. The molecule has 0 spiro atoms. The number of nitrogens with zero attached hydrogens (tertiary/aromatic N) is 1. The van der Waals surface area contributed by atoms with E-state index in [1.807, 2.05) is 0 Å². The highest BCUT2D eigenvalue weighted by atomic mass is 15.1. The van der Waals surface area contributed by atoms with Crippen LogP contribution in [0.1, 0.15) is 52.4 Å². The van der Waals surface area contributed by atoms with Gasteiger partial charge in [0, 0.05) is 0 Å². The van der Waals surface area contributed by atoms with Crippen LogP contribution in [0.3, 0.4) is 0 Å². The first-order chi connectivity index (χ1) is 6.68. The van der Waals surface area contributed by atoms with E-state index in [0.29, 0.717) is 0 Å². The predicted octanol–water partition coefficient (Wildman–Crippen LogP) is 3.54. The van der Waals surface area contributed by atoms with Gasteiger partial charge in [0.05, 0.1) is 0 Å². The molecule has 0 aliphatic carbocycles. The van der Waals surface area contributed by atoms with Crippen LogP contribution in [0.25, 0.3) is 0 Å². The first-order valence-electron chi connectivity index (χ1n) is 6.37. The summed E-state index contributed by atoms with van der Waals surface area (Å²) in [6.07, 6.45) is 8.54. The first-order valence-corrected chi connectivity index (χ1v) is 6.37. The Balaban J connectivity index is 2.33. The van der Waals surface area contributed by atoms with Gasteiger partial charge in [-0.25, -0.2) is 0 Å². The molecule has 2 unspecified atom stereocenters. The molecule has 0 radical (unpaired) electrons. The zero-order valence-corrected chi connectivity index (χ0v) is 10.3. The molecule has 0 amide bonds. The smallest absolute Gasteiger partial charge is 0.00217 e. The summed E-state index contributed by atoms with van der Waals surface area (Å²) in [6, 6.07) is 0. The van der Waals surface area contributed by atoms with E-state index in [9.17, 15) is 0 Å². The number of hydrogen-bond acceptors (Lipinski definition) is 1. The number of hydrogen-bond donors (Lipinski definition) is 0. The fourth-order valence-corrected chi connectivity index (χ4v) is 2.39. The van der Waals surface area contributed by atoms with Crippen molar-refractivity contribution >= 4 is 0 Å². The molecule has 0 N–H and O–H groups in total. The zero-order chi connectivity index (χ0) is 10.4. The van der Waals surface area contributed by atoms with E-state index < -0.39 is 0 Å². The maximum atomic E-state index is 2.50. The molecule has 1 saturated heterocycles. The first kappa shape index (κ1) is 12.0. The molecule has 0 aromatic heterocycles. The summed E-state index contributed by atoms with van der Waals surface area (Å²) in [5.41, 5.74) is 0. The lowest BCUT2D eigenvalue weighted by molar-refractivity contribution is 0.309. The second kappa shape index (κ2) is 6.44. The van der Waals surface area contributed by atoms with Crippen LogP contribution in [-0.4, -0.2) is 25.0 Å². The summed E-state index contributed by atoms with van der Waals surface area (Å²) in [5.74, 6) is 1.90. The molecule has 0 saturated carbocycles. The molecular weight excluding hydrogens is 170 g/mol. The molecule has 0 aromatic carbocycles. The monoisotopic (exact) mass is 197 g/mol. The van der Waals surface area contributed by atoms with Crippen LogP contribution in [0, 0.1) is 11.8 Å². The minimum Gasteiger partial charge on any atom is -0.306 e. The molecular formula is C13H27N. The van der Waals surface area contributed by atoms with E-state index in [-0.39, 0.29) is 0 Å². The summed E-state index contributed by atoms with van der Waals surface area (Å²) in [6.45, 7) is 7.45. The lowest BCUT2D eigenvalue weighted by Gasteiger charge is -2.16. The average Bonchev–Trinajstić information content (AvgIpc) is 2.16. The second-order valence-corrected chi connectivity index (χ2v) is 5.38. The van der Waals surface area contributed by atoms with Crippen molar-refractivity contribution in [3.8, 4) is 0 Å². The highest BCUT2D eigenvalue weighted by Crippen LogP contribution is 2.21. The minimum atomic E-state index is 0.948. The second-order valence-electron chi connectivity index (χ2n) is 5.38. The third-order valence-corrected chi connectivity index (χ3v) is 3.63. The maximum Gasteiger partial charge on any atom is -0.00217 e. The van der Waals surface area contributed by atoms with Crippen molar-refractivity contribution in [2.45, 2.75) is 52.4 Å². The third kappa shape index (κ3) is 4.99.